The Morgan fingerprint density at radius 1 is 1.45 bits per heavy atom. The van der Waals surface area contributed by atoms with E-state index in [4.69, 9.17) is 0 Å². The van der Waals surface area contributed by atoms with E-state index in [1.807, 2.05) is 20.8 Å². The van der Waals surface area contributed by atoms with Gasteiger partial charge in [0.05, 0.1) is 11.7 Å². The number of nitrogens with one attached hydrogen (secondary N) is 2. The quantitative estimate of drug-likeness (QED) is 0.893. The fraction of sp³-hybridized carbons (Fsp3) is 0.643. The SMILES string of the molecule is CC(C)(C)n1ncc2c(=O)[nH]c(NC3CCC(F)(F)C3)nc21. The Morgan fingerprint density at radius 3 is 2.77 bits per heavy atom. The van der Waals surface area contributed by atoms with Gasteiger partial charge in [0, 0.05) is 18.9 Å². The van der Waals surface area contributed by atoms with Crippen molar-refractivity contribution in [2.75, 3.05) is 5.32 Å². The molecule has 0 amide bonds. The van der Waals surface area contributed by atoms with Crippen LogP contribution in [0.1, 0.15) is 40.0 Å². The Kier molecular flexibility index (Phi) is 3.23. The summed E-state index contributed by atoms with van der Waals surface area (Å²) in [5.74, 6) is -2.43. The van der Waals surface area contributed by atoms with Crippen molar-refractivity contribution in [2.24, 2.45) is 0 Å². The highest BCUT2D eigenvalue weighted by molar-refractivity contribution is 5.74. The van der Waals surface area contributed by atoms with Crippen LogP contribution >= 0.6 is 0 Å². The Labute approximate surface area is 125 Å². The average Bonchev–Trinajstić information content (AvgIpc) is 2.92. The van der Waals surface area contributed by atoms with E-state index in [0.29, 0.717) is 17.5 Å². The molecule has 1 saturated carbocycles. The number of nitrogens with zero attached hydrogens (tertiary/aromatic N) is 3. The lowest BCUT2D eigenvalue weighted by molar-refractivity contribution is 0.00851. The van der Waals surface area contributed by atoms with E-state index >= 15 is 0 Å². The van der Waals surface area contributed by atoms with Gasteiger partial charge in [-0.15, -0.1) is 0 Å². The number of hydrogen-bond donors (Lipinski definition) is 2. The van der Waals surface area contributed by atoms with Gasteiger partial charge in [-0.2, -0.15) is 10.1 Å². The van der Waals surface area contributed by atoms with Gasteiger partial charge in [-0.05, 0) is 27.2 Å². The molecule has 0 aromatic carbocycles. The molecule has 0 spiro atoms. The number of alkyl halides is 2. The molecule has 2 heterocycles. The molecule has 1 atom stereocenters. The van der Waals surface area contributed by atoms with E-state index in [2.05, 4.69) is 20.4 Å². The van der Waals surface area contributed by atoms with E-state index in [1.54, 1.807) is 4.68 Å². The van der Waals surface area contributed by atoms with E-state index in [9.17, 15) is 13.6 Å². The lowest BCUT2D eigenvalue weighted by atomic mass is 10.1. The van der Waals surface area contributed by atoms with Gasteiger partial charge >= 0.3 is 0 Å². The predicted molar refractivity (Wildman–Crippen MR) is 79.4 cm³/mol. The van der Waals surface area contributed by atoms with Crippen LogP contribution in [0, 0.1) is 0 Å². The number of hydrogen-bond acceptors (Lipinski definition) is 4. The largest absolute Gasteiger partial charge is 0.353 e. The van der Waals surface area contributed by atoms with Crippen LogP contribution in [-0.4, -0.2) is 31.7 Å². The number of H-pyrrole nitrogens is 1. The Balaban J connectivity index is 1.96. The smallest absolute Gasteiger partial charge is 0.263 e. The maximum atomic E-state index is 13.3. The summed E-state index contributed by atoms with van der Waals surface area (Å²) in [6.45, 7) is 5.85. The number of anilines is 1. The number of aromatic amines is 1. The topological polar surface area (TPSA) is 75.6 Å². The number of aromatic nitrogens is 4. The minimum atomic E-state index is -2.64. The van der Waals surface area contributed by atoms with Crippen LogP contribution in [0.4, 0.5) is 14.7 Å². The third-order valence-electron chi connectivity index (χ3n) is 3.82. The fourth-order valence-electron chi connectivity index (χ4n) is 2.74. The predicted octanol–water partition coefficient (Wildman–Crippen LogP) is 2.47. The summed E-state index contributed by atoms with van der Waals surface area (Å²) in [7, 11) is 0. The summed E-state index contributed by atoms with van der Waals surface area (Å²) >= 11 is 0. The van der Waals surface area contributed by atoms with E-state index in [-0.39, 0.29) is 35.9 Å². The molecule has 8 heteroatoms. The zero-order valence-corrected chi connectivity index (χ0v) is 12.8. The zero-order valence-electron chi connectivity index (χ0n) is 12.8. The normalized spacial score (nSPS) is 21.4. The second-order valence-corrected chi connectivity index (χ2v) is 6.82. The number of fused-ring (bicyclic) bond motifs is 1. The third kappa shape index (κ3) is 2.69. The van der Waals surface area contributed by atoms with Crippen LogP contribution in [0.3, 0.4) is 0 Å². The molecule has 22 heavy (non-hydrogen) atoms. The van der Waals surface area contributed by atoms with Crippen molar-refractivity contribution >= 4 is 17.0 Å². The Morgan fingerprint density at radius 2 is 2.18 bits per heavy atom. The first kappa shape index (κ1) is 14.9. The van der Waals surface area contributed by atoms with Gasteiger partial charge < -0.3 is 5.32 Å². The number of rotatable bonds is 2. The zero-order chi connectivity index (χ0) is 16.1. The van der Waals surface area contributed by atoms with Crippen LogP contribution in [0.5, 0.6) is 0 Å². The van der Waals surface area contributed by atoms with Crippen molar-refractivity contribution in [1.82, 2.24) is 19.7 Å². The van der Waals surface area contributed by atoms with Gasteiger partial charge in [-0.25, -0.2) is 13.5 Å². The summed E-state index contributed by atoms with van der Waals surface area (Å²) in [5, 5.41) is 7.51. The summed E-state index contributed by atoms with van der Waals surface area (Å²) < 4.78 is 28.2. The first-order valence-electron chi connectivity index (χ1n) is 7.29. The number of halogens is 2. The monoisotopic (exact) mass is 311 g/mol. The van der Waals surface area contributed by atoms with Crippen molar-refractivity contribution < 1.29 is 8.78 Å². The van der Waals surface area contributed by atoms with Crippen LogP contribution in [0.25, 0.3) is 11.0 Å². The summed E-state index contributed by atoms with van der Waals surface area (Å²) in [5.41, 5.74) is -0.212. The highest BCUT2D eigenvalue weighted by atomic mass is 19.3. The molecule has 0 aliphatic heterocycles. The molecule has 0 bridgehead atoms. The van der Waals surface area contributed by atoms with Gasteiger partial charge in [-0.1, -0.05) is 0 Å². The summed E-state index contributed by atoms with van der Waals surface area (Å²) in [6.07, 6.45) is 1.44. The molecule has 1 unspecified atom stereocenters. The molecule has 1 aliphatic carbocycles. The van der Waals surface area contributed by atoms with Gasteiger partial charge in [0.1, 0.15) is 5.39 Å². The highest BCUT2D eigenvalue weighted by Crippen LogP contribution is 2.35. The standard InChI is InChI=1S/C14H19F2N5O/c1-13(2,3)21-10-9(7-17-21)11(22)20-12(19-10)18-8-4-5-14(15,16)6-8/h7-8H,4-6H2,1-3H3,(H2,18,19,20,22). The lowest BCUT2D eigenvalue weighted by Crippen LogP contribution is -2.25. The second-order valence-electron chi connectivity index (χ2n) is 6.82. The van der Waals surface area contributed by atoms with Crippen molar-refractivity contribution in [1.29, 1.82) is 0 Å². The van der Waals surface area contributed by atoms with Gasteiger partial charge in [0.15, 0.2) is 5.65 Å². The van der Waals surface area contributed by atoms with Crippen LogP contribution < -0.4 is 10.9 Å². The lowest BCUT2D eigenvalue weighted by Gasteiger charge is -2.20. The van der Waals surface area contributed by atoms with Crippen molar-refractivity contribution in [3.8, 4) is 0 Å². The summed E-state index contributed by atoms with van der Waals surface area (Å²) in [4.78, 5) is 19.1. The summed E-state index contributed by atoms with van der Waals surface area (Å²) in [6, 6.07) is -0.387. The van der Waals surface area contributed by atoms with Crippen LogP contribution in [-0.2, 0) is 5.54 Å². The molecule has 3 rings (SSSR count). The van der Waals surface area contributed by atoms with Gasteiger partial charge in [0.25, 0.3) is 5.56 Å². The van der Waals surface area contributed by atoms with E-state index < -0.39 is 5.92 Å². The van der Waals surface area contributed by atoms with E-state index in [0.717, 1.165) is 0 Å². The fourth-order valence-corrected chi connectivity index (χ4v) is 2.74. The molecule has 0 saturated heterocycles. The molecule has 120 valence electrons. The highest BCUT2D eigenvalue weighted by Gasteiger charge is 2.39. The molecule has 6 nitrogen and oxygen atoms in total. The van der Waals surface area contributed by atoms with Crippen molar-refractivity contribution in [3.05, 3.63) is 16.6 Å². The molecular formula is C14H19F2N5O. The maximum absolute atomic E-state index is 13.3. The maximum Gasteiger partial charge on any atom is 0.263 e. The van der Waals surface area contributed by atoms with Crippen molar-refractivity contribution in [2.45, 2.75) is 57.5 Å². The van der Waals surface area contributed by atoms with Gasteiger partial charge in [0.2, 0.25) is 11.9 Å². The minimum absolute atomic E-state index is 0.142. The molecule has 1 aliphatic rings. The molecule has 1 fully saturated rings. The van der Waals surface area contributed by atoms with Gasteiger partial charge in [-0.3, -0.25) is 9.78 Å². The van der Waals surface area contributed by atoms with Crippen LogP contribution in [0.2, 0.25) is 0 Å². The minimum Gasteiger partial charge on any atom is -0.353 e. The Hall–Kier alpha value is -1.99. The molecule has 2 N–H and O–H groups in total. The molecule has 2 aromatic rings. The third-order valence-corrected chi connectivity index (χ3v) is 3.82. The van der Waals surface area contributed by atoms with Crippen molar-refractivity contribution in [3.63, 3.8) is 0 Å². The average molecular weight is 311 g/mol. The Bertz CT molecular complexity index is 759. The first-order chi connectivity index (χ1) is 10.2. The van der Waals surface area contributed by atoms with E-state index in [1.165, 1.54) is 6.20 Å². The van der Waals surface area contributed by atoms with Crippen LogP contribution in [0.15, 0.2) is 11.0 Å². The second kappa shape index (κ2) is 4.76. The first-order valence-corrected chi connectivity index (χ1v) is 7.29. The molecular weight excluding hydrogens is 292 g/mol. The molecule has 0 radical (unpaired) electrons. The molecule has 2 aromatic heterocycles.